The van der Waals surface area contributed by atoms with Gasteiger partial charge in [0.05, 0.1) is 16.2 Å². The van der Waals surface area contributed by atoms with Crippen molar-refractivity contribution in [2.24, 2.45) is 7.05 Å². The summed E-state index contributed by atoms with van der Waals surface area (Å²) >= 11 is 6.40. The summed E-state index contributed by atoms with van der Waals surface area (Å²) in [6.07, 6.45) is 8.83. The number of aryl methyl sites for hydroxylation is 1. The second-order valence-corrected chi connectivity index (χ2v) is 10.3. The summed E-state index contributed by atoms with van der Waals surface area (Å²) in [5.74, 6) is 0.379. The third-order valence-electron chi connectivity index (χ3n) is 7.99. The van der Waals surface area contributed by atoms with E-state index in [1.165, 1.54) is 36.9 Å². The van der Waals surface area contributed by atoms with E-state index in [9.17, 15) is 4.39 Å². The Hall–Kier alpha value is -2.63. The minimum atomic E-state index is -0.143. The summed E-state index contributed by atoms with van der Waals surface area (Å²) in [7, 11) is 2.06. The number of pyridine rings is 1. The van der Waals surface area contributed by atoms with Crippen LogP contribution in [0.3, 0.4) is 0 Å². The highest BCUT2D eigenvalue weighted by molar-refractivity contribution is 6.35. The van der Waals surface area contributed by atoms with Crippen molar-refractivity contribution in [3.05, 3.63) is 71.3 Å². The lowest BCUT2D eigenvalue weighted by Gasteiger charge is -2.42. The van der Waals surface area contributed by atoms with Gasteiger partial charge in [0, 0.05) is 68.0 Å². The van der Waals surface area contributed by atoms with Gasteiger partial charge in [-0.25, -0.2) is 4.39 Å². The van der Waals surface area contributed by atoms with Gasteiger partial charge in [0.2, 0.25) is 0 Å². The van der Waals surface area contributed by atoms with Gasteiger partial charge >= 0.3 is 0 Å². The van der Waals surface area contributed by atoms with Gasteiger partial charge in [0.15, 0.2) is 0 Å². The first-order valence-corrected chi connectivity index (χ1v) is 12.7. The average Bonchev–Trinajstić information content (AvgIpc) is 3.20. The molecule has 0 unspecified atom stereocenters. The summed E-state index contributed by atoms with van der Waals surface area (Å²) in [5, 5.41) is 2.87. The van der Waals surface area contributed by atoms with Crippen LogP contribution in [0, 0.1) is 5.82 Å². The van der Waals surface area contributed by atoms with Gasteiger partial charge in [-0.15, -0.1) is 0 Å². The van der Waals surface area contributed by atoms with Crippen molar-refractivity contribution in [1.29, 1.82) is 0 Å². The maximum absolute atomic E-state index is 13.9. The zero-order valence-corrected chi connectivity index (χ0v) is 20.3. The van der Waals surface area contributed by atoms with Crippen LogP contribution in [0.2, 0.25) is 5.02 Å². The van der Waals surface area contributed by atoms with Crippen LogP contribution in [0.15, 0.2) is 54.9 Å². The Labute approximate surface area is 204 Å². The van der Waals surface area contributed by atoms with Gasteiger partial charge in [-0.2, -0.15) is 0 Å². The lowest BCUT2D eigenvalue weighted by Crippen LogP contribution is -2.51. The predicted molar refractivity (Wildman–Crippen MR) is 138 cm³/mol. The Morgan fingerprint density at radius 1 is 0.941 bits per heavy atom. The van der Waals surface area contributed by atoms with E-state index in [1.807, 2.05) is 30.5 Å². The van der Waals surface area contributed by atoms with Crippen molar-refractivity contribution in [3.8, 4) is 0 Å². The molecule has 1 aliphatic carbocycles. The number of fused-ring (bicyclic) bond motifs is 2. The zero-order chi connectivity index (χ0) is 23.2. The van der Waals surface area contributed by atoms with Crippen LogP contribution in [0.25, 0.3) is 21.8 Å². The molecule has 2 aromatic carbocycles. The molecule has 0 radical (unpaired) electrons. The Morgan fingerprint density at radius 2 is 1.74 bits per heavy atom. The zero-order valence-electron chi connectivity index (χ0n) is 19.6. The van der Waals surface area contributed by atoms with Crippen molar-refractivity contribution in [1.82, 2.24) is 14.5 Å². The summed E-state index contributed by atoms with van der Waals surface area (Å²) < 4.78 is 16.1. The number of halogens is 2. The van der Waals surface area contributed by atoms with Gasteiger partial charge in [0.1, 0.15) is 5.82 Å². The molecule has 6 rings (SSSR count). The maximum atomic E-state index is 13.9. The fraction of sp³-hybridized carbons (Fsp3) is 0.393. The molecule has 1 saturated carbocycles. The first kappa shape index (κ1) is 21.9. The standard InChI is InChI=1S/C28H30ClFN4/c1-32-18-24(23-17-20(30)6-10-26(23)32)19-4-7-21(8-5-19)33-13-15-34(16-14-33)27-11-9-25(29)22-3-2-12-31-28(22)27/h2-3,6,9-12,17-19,21H,4-5,7-8,13-16H2,1H3. The summed E-state index contributed by atoms with van der Waals surface area (Å²) in [5.41, 5.74) is 4.63. The van der Waals surface area contributed by atoms with Gasteiger partial charge < -0.3 is 9.47 Å². The Kier molecular flexibility index (Phi) is 5.70. The second kappa shape index (κ2) is 8.86. The molecule has 2 aliphatic rings. The number of benzene rings is 2. The van der Waals surface area contributed by atoms with E-state index >= 15 is 0 Å². The van der Waals surface area contributed by atoms with Crippen LogP contribution >= 0.6 is 11.6 Å². The maximum Gasteiger partial charge on any atom is 0.123 e. The normalized spacial score (nSPS) is 22.0. The van der Waals surface area contributed by atoms with E-state index in [0.29, 0.717) is 12.0 Å². The van der Waals surface area contributed by atoms with Crippen LogP contribution < -0.4 is 4.90 Å². The molecule has 0 bridgehead atoms. The number of nitrogens with zero attached hydrogens (tertiary/aromatic N) is 4. The van der Waals surface area contributed by atoms with E-state index in [-0.39, 0.29) is 5.82 Å². The molecule has 0 N–H and O–H groups in total. The number of piperazine rings is 1. The Morgan fingerprint density at radius 3 is 2.53 bits per heavy atom. The molecule has 2 aromatic heterocycles. The number of hydrogen-bond acceptors (Lipinski definition) is 3. The number of rotatable bonds is 3. The molecule has 0 spiro atoms. The smallest absolute Gasteiger partial charge is 0.123 e. The monoisotopic (exact) mass is 476 g/mol. The van der Waals surface area contributed by atoms with E-state index in [0.717, 1.165) is 53.0 Å². The highest BCUT2D eigenvalue weighted by Crippen LogP contribution is 2.39. The quantitative estimate of drug-likeness (QED) is 0.343. The number of hydrogen-bond donors (Lipinski definition) is 0. The molecular formula is C28H30ClFN4. The largest absolute Gasteiger partial charge is 0.367 e. The first-order chi connectivity index (χ1) is 16.6. The fourth-order valence-electron chi connectivity index (χ4n) is 6.18. The van der Waals surface area contributed by atoms with Gasteiger partial charge in [0.25, 0.3) is 0 Å². The molecule has 4 aromatic rings. The average molecular weight is 477 g/mol. The van der Waals surface area contributed by atoms with Gasteiger partial charge in [-0.1, -0.05) is 11.6 Å². The topological polar surface area (TPSA) is 24.3 Å². The highest BCUT2D eigenvalue weighted by Gasteiger charge is 2.30. The van der Waals surface area contributed by atoms with Gasteiger partial charge in [-0.3, -0.25) is 9.88 Å². The molecule has 4 nitrogen and oxygen atoms in total. The first-order valence-electron chi connectivity index (χ1n) is 12.3. The molecule has 2 fully saturated rings. The van der Waals surface area contributed by atoms with Crippen LogP contribution in [0.1, 0.15) is 37.2 Å². The summed E-state index contributed by atoms with van der Waals surface area (Å²) in [6.45, 7) is 4.17. The summed E-state index contributed by atoms with van der Waals surface area (Å²) in [4.78, 5) is 9.77. The van der Waals surface area contributed by atoms with Crippen molar-refractivity contribution >= 4 is 39.1 Å². The van der Waals surface area contributed by atoms with Crippen molar-refractivity contribution in [3.63, 3.8) is 0 Å². The van der Waals surface area contributed by atoms with Crippen LogP contribution in [-0.4, -0.2) is 46.7 Å². The molecule has 6 heteroatoms. The van der Waals surface area contributed by atoms with Gasteiger partial charge in [-0.05, 0) is 79.6 Å². The highest BCUT2D eigenvalue weighted by atomic mass is 35.5. The SMILES string of the molecule is Cn1cc(C2CCC(N3CCN(c4ccc(Cl)c5cccnc45)CC3)CC2)c2cc(F)ccc21. The van der Waals surface area contributed by atoms with Crippen molar-refractivity contribution in [2.75, 3.05) is 31.1 Å². The van der Waals surface area contributed by atoms with Crippen molar-refractivity contribution < 1.29 is 4.39 Å². The number of aromatic nitrogens is 2. The number of anilines is 1. The van der Waals surface area contributed by atoms with E-state index in [1.54, 1.807) is 12.1 Å². The van der Waals surface area contributed by atoms with E-state index in [4.69, 9.17) is 11.6 Å². The van der Waals surface area contributed by atoms with E-state index in [2.05, 4.69) is 38.7 Å². The molecule has 3 heterocycles. The Bertz CT molecular complexity index is 1330. The Balaban J connectivity index is 1.11. The molecule has 176 valence electrons. The minimum Gasteiger partial charge on any atom is -0.367 e. The second-order valence-electron chi connectivity index (χ2n) is 9.85. The van der Waals surface area contributed by atoms with Crippen LogP contribution in [0.5, 0.6) is 0 Å². The molecule has 1 saturated heterocycles. The fourth-order valence-corrected chi connectivity index (χ4v) is 6.39. The third kappa shape index (κ3) is 3.85. The predicted octanol–water partition coefficient (Wildman–Crippen LogP) is 6.37. The lowest BCUT2D eigenvalue weighted by atomic mass is 9.81. The molecule has 34 heavy (non-hydrogen) atoms. The van der Waals surface area contributed by atoms with Crippen LogP contribution in [-0.2, 0) is 7.05 Å². The van der Waals surface area contributed by atoms with Crippen LogP contribution in [0.4, 0.5) is 10.1 Å². The molecule has 1 aliphatic heterocycles. The van der Waals surface area contributed by atoms with E-state index < -0.39 is 0 Å². The third-order valence-corrected chi connectivity index (χ3v) is 8.31. The minimum absolute atomic E-state index is 0.143. The molecular weight excluding hydrogens is 447 g/mol. The molecule has 0 amide bonds. The lowest BCUT2D eigenvalue weighted by molar-refractivity contribution is 0.141. The summed E-state index contributed by atoms with van der Waals surface area (Å²) in [6, 6.07) is 13.9. The molecule has 0 atom stereocenters. The van der Waals surface area contributed by atoms with Crippen molar-refractivity contribution in [2.45, 2.75) is 37.6 Å².